The van der Waals surface area contributed by atoms with E-state index < -0.39 is 6.04 Å². The van der Waals surface area contributed by atoms with Gasteiger partial charge in [-0.25, -0.2) is 9.78 Å². The number of phenolic OH excluding ortho intramolecular Hbond substituents is 1. The largest absolute Gasteiger partial charge is 0.508 e. The molecule has 2 aromatic carbocycles. The van der Waals surface area contributed by atoms with Gasteiger partial charge in [0.15, 0.2) is 5.69 Å². The fourth-order valence-corrected chi connectivity index (χ4v) is 4.24. The Labute approximate surface area is 189 Å². The standard InChI is InChI=1S/C26H18N4O3/c31-17-9-7-16(8-10-17)23-15-30-25(29-22(26(30)32)14-18-4-3-13-33-18)24(28-23)20-11-12-27-21-6-2-1-5-19(20)21/h1-13,15,22,31H,14H2/p+1. The van der Waals surface area contributed by atoms with Crippen LogP contribution in [-0.4, -0.2) is 27.0 Å². The first-order valence-corrected chi connectivity index (χ1v) is 10.6. The number of carbonyl (C=O) groups excluding carboxylic acids is 1. The highest BCUT2D eigenvalue weighted by Crippen LogP contribution is 2.34. The summed E-state index contributed by atoms with van der Waals surface area (Å²) in [7, 11) is 0. The van der Waals surface area contributed by atoms with Gasteiger partial charge in [-0.3, -0.25) is 10.3 Å². The number of para-hydroxylation sites is 1. The zero-order valence-electron chi connectivity index (χ0n) is 17.5. The van der Waals surface area contributed by atoms with Gasteiger partial charge in [0.25, 0.3) is 0 Å². The third-order valence-electron chi connectivity index (χ3n) is 5.85. The molecule has 6 rings (SSSR count). The van der Waals surface area contributed by atoms with E-state index in [4.69, 9.17) is 9.40 Å². The van der Waals surface area contributed by atoms with Crippen molar-refractivity contribution in [2.45, 2.75) is 12.5 Å². The van der Waals surface area contributed by atoms with Gasteiger partial charge in [0.1, 0.15) is 23.4 Å². The molecule has 5 aromatic rings. The van der Waals surface area contributed by atoms with Crippen LogP contribution in [0.1, 0.15) is 10.6 Å². The average Bonchev–Trinajstić information content (AvgIpc) is 3.47. The molecule has 0 fully saturated rings. The van der Waals surface area contributed by atoms with E-state index in [0.29, 0.717) is 23.6 Å². The molecule has 33 heavy (non-hydrogen) atoms. The second-order valence-corrected chi connectivity index (χ2v) is 7.93. The Balaban J connectivity index is 1.55. The minimum Gasteiger partial charge on any atom is -0.508 e. The fourth-order valence-electron chi connectivity index (χ4n) is 4.24. The fraction of sp³-hybridized carbons (Fsp3) is 0.0769. The number of hydrogen-bond acceptors (Lipinski definition) is 6. The second kappa shape index (κ2) is 7.56. The number of phenols is 1. The van der Waals surface area contributed by atoms with Crippen LogP contribution < -0.4 is 9.88 Å². The van der Waals surface area contributed by atoms with E-state index in [0.717, 1.165) is 27.8 Å². The lowest BCUT2D eigenvalue weighted by Gasteiger charge is -2.09. The molecule has 0 radical (unpaired) electrons. The summed E-state index contributed by atoms with van der Waals surface area (Å²) in [5.74, 6) is 1.46. The summed E-state index contributed by atoms with van der Waals surface area (Å²) in [5, 5.41) is 14.0. The summed E-state index contributed by atoms with van der Waals surface area (Å²) >= 11 is 0. The Morgan fingerprint density at radius 1 is 1.03 bits per heavy atom. The van der Waals surface area contributed by atoms with Crippen LogP contribution in [0.4, 0.5) is 5.82 Å². The number of fused-ring (bicyclic) bond motifs is 2. The van der Waals surface area contributed by atoms with Crippen LogP contribution in [0.2, 0.25) is 0 Å². The third kappa shape index (κ3) is 3.30. The highest BCUT2D eigenvalue weighted by Gasteiger charge is 2.42. The molecule has 0 aliphatic carbocycles. The van der Waals surface area contributed by atoms with Gasteiger partial charge in [0.2, 0.25) is 6.04 Å². The lowest BCUT2D eigenvalue weighted by atomic mass is 10.1. The predicted octanol–water partition coefficient (Wildman–Crippen LogP) is 4.23. The van der Waals surface area contributed by atoms with Crippen molar-refractivity contribution in [1.82, 2.24) is 9.97 Å². The van der Waals surface area contributed by atoms with Crippen molar-refractivity contribution in [2.24, 2.45) is 0 Å². The SMILES string of the molecule is O=C1C(Cc2ccco2)Nc2c(-c3ccnc4ccccc34)nc(-c3ccc(O)cc3)c[n+]21. The van der Waals surface area contributed by atoms with Crippen molar-refractivity contribution in [1.29, 1.82) is 0 Å². The Morgan fingerprint density at radius 2 is 1.88 bits per heavy atom. The van der Waals surface area contributed by atoms with Gasteiger partial charge in [-0.2, -0.15) is 4.57 Å². The maximum absolute atomic E-state index is 13.4. The first kappa shape index (κ1) is 19.2. The molecule has 0 amide bonds. The van der Waals surface area contributed by atoms with Crippen LogP contribution >= 0.6 is 0 Å². The number of nitrogens with zero attached hydrogens (tertiary/aromatic N) is 3. The first-order valence-electron chi connectivity index (χ1n) is 10.6. The van der Waals surface area contributed by atoms with Crippen molar-refractivity contribution < 1.29 is 18.9 Å². The van der Waals surface area contributed by atoms with Crippen LogP contribution in [0.5, 0.6) is 5.75 Å². The van der Waals surface area contributed by atoms with E-state index in [1.165, 1.54) is 0 Å². The summed E-state index contributed by atoms with van der Waals surface area (Å²) in [5.41, 5.74) is 3.81. The molecule has 1 aliphatic rings. The Morgan fingerprint density at radius 3 is 2.70 bits per heavy atom. The van der Waals surface area contributed by atoms with Gasteiger partial charge in [-0.05, 0) is 48.5 Å². The number of aromatic nitrogens is 3. The molecule has 2 N–H and O–H groups in total. The van der Waals surface area contributed by atoms with Crippen LogP contribution in [0.25, 0.3) is 33.4 Å². The third-order valence-corrected chi connectivity index (χ3v) is 5.85. The molecular weight excluding hydrogens is 416 g/mol. The van der Waals surface area contributed by atoms with E-state index >= 15 is 0 Å². The molecule has 1 atom stereocenters. The number of benzene rings is 2. The summed E-state index contributed by atoms with van der Waals surface area (Å²) < 4.78 is 7.10. The number of rotatable bonds is 4. The van der Waals surface area contributed by atoms with Crippen molar-refractivity contribution in [3.63, 3.8) is 0 Å². The van der Waals surface area contributed by atoms with E-state index in [2.05, 4.69) is 10.3 Å². The highest BCUT2D eigenvalue weighted by molar-refractivity contribution is 5.97. The highest BCUT2D eigenvalue weighted by atomic mass is 16.3. The lowest BCUT2D eigenvalue weighted by Crippen LogP contribution is -2.43. The topological polar surface area (TPSA) is 92.1 Å². The molecule has 7 nitrogen and oxygen atoms in total. The monoisotopic (exact) mass is 435 g/mol. The molecule has 1 aliphatic heterocycles. The molecule has 0 spiro atoms. The number of carbonyl (C=O) groups is 1. The van der Waals surface area contributed by atoms with Gasteiger partial charge < -0.3 is 9.52 Å². The Kier molecular flexibility index (Phi) is 4.40. The van der Waals surface area contributed by atoms with Crippen molar-refractivity contribution in [2.75, 3.05) is 5.32 Å². The van der Waals surface area contributed by atoms with Crippen LogP contribution in [0, 0.1) is 0 Å². The molecule has 0 saturated heterocycles. The van der Waals surface area contributed by atoms with Crippen LogP contribution in [0.15, 0.2) is 89.8 Å². The minimum absolute atomic E-state index is 0.0801. The van der Waals surface area contributed by atoms with Crippen LogP contribution in [-0.2, 0) is 6.42 Å². The molecule has 0 saturated carbocycles. The molecule has 4 heterocycles. The zero-order chi connectivity index (χ0) is 22.4. The number of pyridine rings is 1. The molecule has 1 unspecified atom stereocenters. The van der Waals surface area contributed by atoms with Gasteiger partial charge in [0.05, 0.1) is 18.2 Å². The minimum atomic E-state index is -0.472. The number of anilines is 1. The molecule has 0 bridgehead atoms. The zero-order valence-corrected chi connectivity index (χ0v) is 17.5. The number of furan rings is 1. The van der Waals surface area contributed by atoms with E-state index in [1.54, 1.807) is 47.5 Å². The van der Waals surface area contributed by atoms with Crippen molar-refractivity contribution in [3.05, 3.63) is 91.1 Å². The van der Waals surface area contributed by atoms with Gasteiger partial charge in [0, 0.05) is 22.7 Å². The lowest BCUT2D eigenvalue weighted by molar-refractivity contribution is -0.551. The first-order chi connectivity index (χ1) is 16.2. The maximum Gasteiger partial charge on any atom is 0.359 e. The van der Waals surface area contributed by atoms with Crippen LogP contribution in [0.3, 0.4) is 0 Å². The number of aromatic hydroxyl groups is 1. The predicted molar refractivity (Wildman–Crippen MR) is 123 cm³/mol. The Bertz CT molecular complexity index is 1490. The molecular formula is C26H19N4O3+. The number of nitrogens with one attached hydrogen (secondary N) is 1. The van der Waals surface area contributed by atoms with E-state index in [-0.39, 0.29) is 11.7 Å². The quantitative estimate of drug-likeness (QED) is 0.411. The molecule has 160 valence electrons. The normalized spacial score (nSPS) is 14.9. The summed E-state index contributed by atoms with van der Waals surface area (Å²) in [6, 6.07) is 19.8. The Hall–Kier alpha value is -4.52. The van der Waals surface area contributed by atoms with Crippen molar-refractivity contribution >= 4 is 22.6 Å². The van der Waals surface area contributed by atoms with E-state index in [9.17, 15) is 9.90 Å². The van der Waals surface area contributed by atoms with Gasteiger partial charge in [-0.1, -0.05) is 18.2 Å². The maximum atomic E-state index is 13.4. The number of hydrogen-bond donors (Lipinski definition) is 2. The van der Waals surface area contributed by atoms with Gasteiger partial charge >= 0.3 is 11.7 Å². The van der Waals surface area contributed by atoms with E-state index in [1.807, 2.05) is 42.5 Å². The average molecular weight is 435 g/mol. The van der Waals surface area contributed by atoms with Crippen molar-refractivity contribution in [3.8, 4) is 28.3 Å². The molecule has 7 heteroatoms. The second-order valence-electron chi connectivity index (χ2n) is 7.93. The smallest absolute Gasteiger partial charge is 0.359 e. The molecule has 3 aromatic heterocycles. The summed E-state index contributed by atoms with van der Waals surface area (Å²) in [4.78, 5) is 22.8. The van der Waals surface area contributed by atoms with Gasteiger partial charge in [-0.15, -0.1) is 0 Å². The summed E-state index contributed by atoms with van der Waals surface area (Å²) in [6.45, 7) is 0. The summed E-state index contributed by atoms with van der Waals surface area (Å²) in [6.07, 6.45) is 5.53.